The number of amides is 2. The first-order valence-electron chi connectivity index (χ1n) is 15.0. The van der Waals surface area contributed by atoms with Crippen molar-refractivity contribution in [3.63, 3.8) is 0 Å². The first kappa shape index (κ1) is 34.0. The highest BCUT2D eigenvalue weighted by atomic mass is 16.4. The third-order valence-electron chi connectivity index (χ3n) is 7.11. The second-order valence-electron chi connectivity index (χ2n) is 11.1. The van der Waals surface area contributed by atoms with Gasteiger partial charge in [-0.05, 0) is 110 Å². The fourth-order valence-electron chi connectivity index (χ4n) is 4.33. The van der Waals surface area contributed by atoms with Crippen molar-refractivity contribution in [2.24, 2.45) is 20.5 Å². The number of hydrogen-bond acceptors (Lipinski definition) is 9. The van der Waals surface area contributed by atoms with Gasteiger partial charge in [-0.3, -0.25) is 9.59 Å². The Labute approximate surface area is 273 Å². The number of carbonyl (C=O) groups is 3. The van der Waals surface area contributed by atoms with Gasteiger partial charge in [-0.25, -0.2) is 4.79 Å². The van der Waals surface area contributed by atoms with Crippen LogP contribution >= 0.6 is 0 Å². The number of carbonyl (C=O) groups excluding carboxylic acids is 2. The van der Waals surface area contributed by atoms with Gasteiger partial charge in [0.2, 0.25) is 0 Å². The number of azo groups is 2. The van der Waals surface area contributed by atoms with Crippen LogP contribution in [0, 0.1) is 0 Å². The molecule has 4 aromatic carbocycles. The van der Waals surface area contributed by atoms with Gasteiger partial charge < -0.3 is 25.5 Å². The summed E-state index contributed by atoms with van der Waals surface area (Å²) in [6.45, 7) is 0.237. The van der Waals surface area contributed by atoms with Gasteiger partial charge in [0, 0.05) is 57.2 Å². The van der Waals surface area contributed by atoms with Crippen molar-refractivity contribution in [1.82, 2.24) is 10.6 Å². The van der Waals surface area contributed by atoms with E-state index >= 15 is 0 Å². The molecule has 0 saturated heterocycles. The average Bonchev–Trinajstić information content (AvgIpc) is 3.08. The van der Waals surface area contributed by atoms with E-state index in [0.29, 0.717) is 40.3 Å². The second-order valence-corrected chi connectivity index (χ2v) is 11.1. The largest absolute Gasteiger partial charge is 0.480 e. The summed E-state index contributed by atoms with van der Waals surface area (Å²) in [7, 11) is 7.84. The van der Waals surface area contributed by atoms with E-state index in [-0.39, 0.29) is 18.9 Å². The van der Waals surface area contributed by atoms with E-state index < -0.39 is 17.9 Å². The molecule has 1 unspecified atom stereocenters. The van der Waals surface area contributed by atoms with Gasteiger partial charge in [-0.2, -0.15) is 20.5 Å². The topological polar surface area (TPSA) is 151 Å². The highest BCUT2D eigenvalue weighted by Crippen LogP contribution is 2.23. The standard InChI is InChI=1S/C35H38N8O4/c1-42(2)30-19-15-28(16-20-30)40-38-26-11-7-24(8-12-26)33(44)36-23-5-6-32(35(46)47)37-34(45)25-9-13-27(14-10-25)39-41-29-17-21-31(22-18-29)43(3)4/h7-22,32H,5-6,23H2,1-4H3,(H,36,44)(H,37,45)(H,46,47). The van der Waals surface area contributed by atoms with Gasteiger partial charge in [-0.1, -0.05) is 0 Å². The van der Waals surface area contributed by atoms with Crippen LogP contribution in [0.4, 0.5) is 34.1 Å². The Hall–Kier alpha value is -5.91. The summed E-state index contributed by atoms with van der Waals surface area (Å²) in [5, 5.41) is 31.8. The minimum absolute atomic E-state index is 0.134. The predicted molar refractivity (Wildman–Crippen MR) is 183 cm³/mol. The smallest absolute Gasteiger partial charge is 0.326 e. The molecule has 12 heteroatoms. The normalized spacial score (nSPS) is 11.7. The quantitative estimate of drug-likeness (QED) is 0.0999. The van der Waals surface area contributed by atoms with Crippen molar-refractivity contribution in [2.45, 2.75) is 18.9 Å². The first-order chi connectivity index (χ1) is 22.6. The summed E-state index contributed by atoms with van der Waals surface area (Å²) in [5.74, 6) is -1.98. The minimum Gasteiger partial charge on any atom is -0.480 e. The van der Waals surface area contributed by atoms with Gasteiger partial charge in [0.25, 0.3) is 11.8 Å². The van der Waals surface area contributed by atoms with E-state index in [2.05, 4.69) is 31.1 Å². The zero-order chi connectivity index (χ0) is 33.8. The summed E-state index contributed by atoms with van der Waals surface area (Å²) in [5.41, 5.74) is 5.40. The van der Waals surface area contributed by atoms with Crippen LogP contribution in [0.5, 0.6) is 0 Å². The Morgan fingerprint density at radius 1 is 0.596 bits per heavy atom. The average molecular weight is 635 g/mol. The lowest BCUT2D eigenvalue weighted by atomic mass is 10.1. The van der Waals surface area contributed by atoms with Gasteiger partial charge >= 0.3 is 5.97 Å². The van der Waals surface area contributed by atoms with Crippen LogP contribution < -0.4 is 20.4 Å². The third-order valence-corrected chi connectivity index (χ3v) is 7.11. The summed E-state index contributed by atoms with van der Waals surface area (Å²) < 4.78 is 0. The Balaban J connectivity index is 1.21. The number of rotatable bonds is 14. The highest BCUT2D eigenvalue weighted by Gasteiger charge is 2.20. The molecule has 4 aromatic rings. The highest BCUT2D eigenvalue weighted by molar-refractivity contribution is 5.97. The van der Waals surface area contributed by atoms with Crippen LogP contribution in [0.1, 0.15) is 33.6 Å². The summed E-state index contributed by atoms with van der Waals surface area (Å²) in [4.78, 5) is 41.1. The monoisotopic (exact) mass is 634 g/mol. The van der Waals surface area contributed by atoms with E-state index in [0.717, 1.165) is 11.4 Å². The second kappa shape index (κ2) is 16.4. The molecule has 4 rings (SSSR count). The van der Waals surface area contributed by atoms with Crippen molar-refractivity contribution in [2.75, 3.05) is 44.5 Å². The molecule has 0 aliphatic heterocycles. The predicted octanol–water partition coefficient (Wildman–Crippen LogP) is 7.04. The van der Waals surface area contributed by atoms with Crippen LogP contribution in [0.2, 0.25) is 0 Å². The Bertz CT molecular complexity index is 1700. The number of aliphatic carboxylic acids is 1. The molecule has 47 heavy (non-hydrogen) atoms. The molecule has 0 bridgehead atoms. The minimum atomic E-state index is -1.16. The first-order valence-corrected chi connectivity index (χ1v) is 15.0. The van der Waals surface area contributed by atoms with Crippen LogP contribution in [-0.4, -0.2) is 63.7 Å². The third kappa shape index (κ3) is 10.3. The number of hydrogen-bond donors (Lipinski definition) is 3. The maximum absolute atomic E-state index is 12.7. The number of benzene rings is 4. The van der Waals surface area contributed by atoms with Crippen LogP contribution in [0.15, 0.2) is 118 Å². The molecular weight excluding hydrogens is 596 g/mol. The SMILES string of the molecule is CN(C)c1ccc(N=Nc2ccc(C(=O)NCCCC(NC(=O)c3ccc(N=Nc4ccc(N(C)C)cc4)cc3)C(=O)O)cc2)cc1. The summed E-state index contributed by atoms with van der Waals surface area (Å²) in [6.07, 6.45) is 0.478. The number of anilines is 2. The van der Waals surface area contributed by atoms with Crippen molar-refractivity contribution in [3.05, 3.63) is 108 Å². The fraction of sp³-hybridized carbons (Fsp3) is 0.229. The van der Waals surface area contributed by atoms with Gasteiger partial charge in [0.15, 0.2) is 0 Å². The van der Waals surface area contributed by atoms with Crippen molar-refractivity contribution < 1.29 is 19.5 Å². The van der Waals surface area contributed by atoms with Crippen LogP contribution in [-0.2, 0) is 4.79 Å². The maximum Gasteiger partial charge on any atom is 0.326 e. The van der Waals surface area contributed by atoms with E-state index in [9.17, 15) is 19.5 Å². The van der Waals surface area contributed by atoms with Gasteiger partial charge in [0.1, 0.15) is 6.04 Å². The molecular formula is C35H38N8O4. The van der Waals surface area contributed by atoms with Crippen molar-refractivity contribution >= 4 is 51.9 Å². The van der Waals surface area contributed by atoms with Crippen molar-refractivity contribution in [3.8, 4) is 0 Å². The molecule has 0 aromatic heterocycles. The lowest BCUT2D eigenvalue weighted by Gasteiger charge is -2.15. The molecule has 242 valence electrons. The van der Waals surface area contributed by atoms with Crippen LogP contribution in [0.25, 0.3) is 0 Å². The molecule has 0 aliphatic carbocycles. The van der Waals surface area contributed by atoms with E-state index in [1.807, 2.05) is 86.5 Å². The molecule has 12 nitrogen and oxygen atoms in total. The molecule has 3 N–H and O–H groups in total. The molecule has 0 saturated carbocycles. The molecule has 0 radical (unpaired) electrons. The Morgan fingerprint density at radius 3 is 1.32 bits per heavy atom. The molecule has 1 atom stereocenters. The molecule has 2 amide bonds. The fourth-order valence-corrected chi connectivity index (χ4v) is 4.33. The molecule has 0 fully saturated rings. The van der Waals surface area contributed by atoms with Crippen molar-refractivity contribution in [1.29, 1.82) is 0 Å². The number of carboxylic acid groups (broad SMARTS) is 1. The number of nitrogens with one attached hydrogen (secondary N) is 2. The molecule has 0 heterocycles. The Kier molecular flexibility index (Phi) is 11.9. The zero-order valence-electron chi connectivity index (χ0n) is 26.8. The van der Waals surface area contributed by atoms with E-state index in [1.54, 1.807) is 48.5 Å². The lowest BCUT2D eigenvalue weighted by molar-refractivity contribution is -0.139. The number of nitrogens with zero attached hydrogens (tertiary/aromatic N) is 6. The Morgan fingerprint density at radius 2 is 0.957 bits per heavy atom. The zero-order valence-corrected chi connectivity index (χ0v) is 26.8. The van der Waals surface area contributed by atoms with E-state index in [4.69, 9.17) is 0 Å². The number of carboxylic acids is 1. The van der Waals surface area contributed by atoms with Crippen LogP contribution in [0.3, 0.4) is 0 Å². The summed E-state index contributed by atoms with van der Waals surface area (Å²) >= 11 is 0. The van der Waals surface area contributed by atoms with Gasteiger partial charge in [-0.15, -0.1) is 0 Å². The lowest BCUT2D eigenvalue weighted by Crippen LogP contribution is -2.41. The molecule has 0 spiro atoms. The molecule has 0 aliphatic rings. The van der Waals surface area contributed by atoms with Gasteiger partial charge in [0.05, 0.1) is 22.7 Å². The van der Waals surface area contributed by atoms with E-state index in [1.165, 1.54) is 0 Å². The summed E-state index contributed by atoms with van der Waals surface area (Å²) in [6, 6.07) is 27.2. The maximum atomic E-state index is 12.7.